The first-order valence-electron chi connectivity index (χ1n) is 3.15. The molecule has 0 bridgehead atoms. The molecule has 0 spiro atoms. The number of halogens is 3. The second-order valence-electron chi connectivity index (χ2n) is 2.41. The van der Waals surface area contributed by atoms with Gasteiger partial charge in [0.2, 0.25) is 0 Å². The minimum atomic E-state index is -3.58. The van der Waals surface area contributed by atoms with E-state index in [1.807, 2.05) is 0 Å². The van der Waals surface area contributed by atoms with Crippen molar-refractivity contribution in [2.45, 2.75) is 12.0 Å². The van der Waals surface area contributed by atoms with Crippen LogP contribution in [-0.4, -0.2) is 22.0 Å². The van der Waals surface area contributed by atoms with E-state index in [4.69, 9.17) is 5.11 Å². The first kappa shape index (κ1) is 9.56. The summed E-state index contributed by atoms with van der Waals surface area (Å²) in [6.07, 6.45) is -2.58. The number of nitro groups is 1. The number of aliphatic hydroxyl groups is 1. The van der Waals surface area contributed by atoms with Crippen molar-refractivity contribution in [2.24, 2.45) is 0 Å². The number of aliphatic hydroxyl groups excluding tert-OH is 1. The molecule has 0 heterocycles. The van der Waals surface area contributed by atoms with Gasteiger partial charge in [-0.2, -0.15) is 4.39 Å². The summed E-state index contributed by atoms with van der Waals surface area (Å²) in [7, 11) is 0. The summed E-state index contributed by atoms with van der Waals surface area (Å²) >= 11 is 0. The molecule has 0 aromatic heterocycles. The number of rotatable bonds is 1. The van der Waals surface area contributed by atoms with E-state index in [1.165, 1.54) is 0 Å². The highest BCUT2D eigenvalue weighted by Crippen LogP contribution is 2.32. The molecule has 2 unspecified atom stereocenters. The minimum Gasteiger partial charge on any atom is -0.506 e. The van der Waals surface area contributed by atoms with Crippen LogP contribution in [0, 0.1) is 10.1 Å². The molecule has 1 N–H and O–H groups in total. The van der Waals surface area contributed by atoms with Crippen molar-refractivity contribution in [2.75, 3.05) is 0 Å². The molecule has 1 aliphatic rings. The van der Waals surface area contributed by atoms with Gasteiger partial charge < -0.3 is 5.11 Å². The first-order chi connectivity index (χ1) is 5.89. The lowest BCUT2D eigenvalue weighted by Gasteiger charge is -2.19. The molecule has 4 nitrogen and oxygen atoms in total. The second-order valence-corrected chi connectivity index (χ2v) is 2.41. The third-order valence-electron chi connectivity index (χ3n) is 1.58. The maximum absolute atomic E-state index is 13.0. The minimum absolute atomic E-state index is 0.118. The zero-order valence-corrected chi connectivity index (χ0v) is 6.08. The summed E-state index contributed by atoms with van der Waals surface area (Å²) in [5, 5.41) is 18.6. The molecule has 0 aromatic carbocycles. The summed E-state index contributed by atoms with van der Waals surface area (Å²) < 4.78 is 38.0. The smallest absolute Gasteiger partial charge is 0.416 e. The Morgan fingerprint density at radius 1 is 1.69 bits per heavy atom. The molecule has 0 radical (unpaired) electrons. The van der Waals surface area contributed by atoms with E-state index in [2.05, 4.69) is 0 Å². The molecule has 0 aliphatic heterocycles. The van der Waals surface area contributed by atoms with Crippen LogP contribution in [-0.2, 0) is 0 Å². The summed E-state index contributed by atoms with van der Waals surface area (Å²) in [4.78, 5) is 8.45. The Kier molecular flexibility index (Phi) is 2.02. The van der Waals surface area contributed by atoms with E-state index < -0.39 is 28.5 Å². The normalized spacial score (nSPS) is 33.6. The maximum Gasteiger partial charge on any atom is 0.416 e. The lowest BCUT2D eigenvalue weighted by molar-refractivity contribution is -0.598. The predicted octanol–water partition coefficient (Wildman–Crippen LogP) is 1.58. The topological polar surface area (TPSA) is 63.4 Å². The van der Waals surface area contributed by atoms with Gasteiger partial charge in [-0.1, -0.05) is 0 Å². The molecule has 72 valence electrons. The largest absolute Gasteiger partial charge is 0.506 e. The summed E-state index contributed by atoms with van der Waals surface area (Å²) in [6.45, 7) is 0. The van der Waals surface area contributed by atoms with Gasteiger partial charge in [0, 0.05) is 6.08 Å². The van der Waals surface area contributed by atoms with Crippen molar-refractivity contribution in [1.29, 1.82) is 0 Å². The highest BCUT2D eigenvalue weighted by Gasteiger charge is 2.55. The van der Waals surface area contributed by atoms with Crippen LogP contribution in [0.5, 0.6) is 0 Å². The summed E-state index contributed by atoms with van der Waals surface area (Å²) in [5.41, 5.74) is 0. The van der Waals surface area contributed by atoms with Crippen molar-refractivity contribution in [1.82, 2.24) is 0 Å². The van der Waals surface area contributed by atoms with Gasteiger partial charge in [0.15, 0.2) is 11.6 Å². The van der Waals surface area contributed by atoms with Gasteiger partial charge in [0.1, 0.15) is 0 Å². The van der Waals surface area contributed by atoms with Crippen LogP contribution in [0.3, 0.4) is 0 Å². The van der Waals surface area contributed by atoms with Crippen LogP contribution in [0.4, 0.5) is 13.2 Å². The third-order valence-corrected chi connectivity index (χ3v) is 1.58. The number of allylic oxidation sites excluding steroid dienone is 2. The van der Waals surface area contributed by atoms with Crippen molar-refractivity contribution in [3.8, 4) is 0 Å². The van der Waals surface area contributed by atoms with Gasteiger partial charge in [0.25, 0.3) is 6.17 Å². The summed E-state index contributed by atoms with van der Waals surface area (Å²) in [6, 6.07) is 0. The molecule has 1 aliphatic carbocycles. The molecule has 1 rings (SSSR count). The van der Waals surface area contributed by atoms with E-state index in [1.54, 1.807) is 0 Å². The average molecular weight is 195 g/mol. The fourth-order valence-electron chi connectivity index (χ4n) is 0.826. The molecule has 0 aromatic rings. The predicted molar refractivity (Wildman–Crippen MR) is 35.6 cm³/mol. The molecule has 2 atom stereocenters. The number of hydrogen-bond acceptors (Lipinski definition) is 3. The molecular formula is C6H4F3NO3. The molecular weight excluding hydrogens is 191 g/mol. The van der Waals surface area contributed by atoms with Gasteiger partial charge in [-0.25, -0.2) is 8.78 Å². The maximum atomic E-state index is 13.0. The zero-order chi connectivity index (χ0) is 10.2. The van der Waals surface area contributed by atoms with E-state index >= 15 is 0 Å². The van der Waals surface area contributed by atoms with Crippen LogP contribution in [0.2, 0.25) is 0 Å². The Labute approximate surface area is 70.1 Å². The van der Waals surface area contributed by atoms with E-state index in [0.717, 1.165) is 0 Å². The van der Waals surface area contributed by atoms with Gasteiger partial charge in [-0.05, 0) is 6.08 Å². The molecule has 0 saturated heterocycles. The number of nitrogens with zero attached hydrogens (tertiary/aromatic N) is 1. The molecule has 0 fully saturated rings. The van der Waals surface area contributed by atoms with Crippen molar-refractivity contribution in [3.05, 3.63) is 33.9 Å². The molecule has 7 heteroatoms. The zero-order valence-electron chi connectivity index (χ0n) is 6.08. The molecule has 0 saturated carbocycles. The lowest BCUT2D eigenvalue weighted by Crippen LogP contribution is -2.43. The van der Waals surface area contributed by atoms with Gasteiger partial charge >= 0.3 is 5.79 Å². The lowest BCUT2D eigenvalue weighted by atomic mass is 10.0. The highest BCUT2D eigenvalue weighted by molar-refractivity contribution is 5.28. The Bertz CT molecular complexity index is 314. The summed E-state index contributed by atoms with van der Waals surface area (Å²) in [5.74, 6) is -6.59. The van der Waals surface area contributed by atoms with E-state index in [-0.39, 0.29) is 6.08 Å². The molecule has 13 heavy (non-hydrogen) atoms. The van der Waals surface area contributed by atoms with Crippen LogP contribution < -0.4 is 0 Å². The van der Waals surface area contributed by atoms with E-state index in [9.17, 15) is 23.3 Å². The van der Waals surface area contributed by atoms with Gasteiger partial charge in [-0.3, -0.25) is 10.1 Å². The van der Waals surface area contributed by atoms with Gasteiger partial charge in [-0.15, -0.1) is 0 Å². The van der Waals surface area contributed by atoms with Crippen LogP contribution in [0.25, 0.3) is 0 Å². The fraction of sp³-hybridized carbons (Fsp3) is 0.333. The number of alkyl halides is 2. The standard InChI is InChI=1S/C6H4F3NO3/c7-3-1-2-6(9,10(12)13)5(8)4(3)11/h1-2,5,11H. The second kappa shape index (κ2) is 2.75. The van der Waals surface area contributed by atoms with Gasteiger partial charge in [0.05, 0.1) is 4.92 Å². The Hall–Kier alpha value is -1.53. The highest BCUT2D eigenvalue weighted by atomic mass is 19.2. The quantitative estimate of drug-likeness (QED) is 0.392. The third kappa shape index (κ3) is 1.25. The monoisotopic (exact) mass is 195 g/mol. The Morgan fingerprint density at radius 2 is 2.23 bits per heavy atom. The average Bonchev–Trinajstić information content (AvgIpc) is 2.08. The van der Waals surface area contributed by atoms with Crippen LogP contribution >= 0.6 is 0 Å². The van der Waals surface area contributed by atoms with Crippen molar-refractivity contribution in [3.63, 3.8) is 0 Å². The Morgan fingerprint density at radius 3 is 2.69 bits per heavy atom. The Balaban J connectivity index is 3.12. The van der Waals surface area contributed by atoms with E-state index in [0.29, 0.717) is 6.08 Å². The van der Waals surface area contributed by atoms with Crippen LogP contribution in [0.15, 0.2) is 23.7 Å². The molecule has 0 amide bonds. The first-order valence-corrected chi connectivity index (χ1v) is 3.15. The van der Waals surface area contributed by atoms with Crippen LogP contribution in [0.1, 0.15) is 0 Å². The fourth-order valence-corrected chi connectivity index (χ4v) is 0.826. The SMILES string of the molecule is O=[N+]([O-])C1(F)C=CC(F)=C(O)C1F. The van der Waals surface area contributed by atoms with Crippen molar-refractivity contribution >= 4 is 0 Å². The van der Waals surface area contributed by atoms with Crippen molar-refractivity contribution < 1.29 is 23.2 Å². The number of hydrogen-bond donors (Lipinski definition) is 1.